The molecule has 0 unspecified atom stereocenters. The highest BCUT2D eigenvalue weighted by Gasteiger charge is 2.19. The van der Waals surface area contributed by atoms with Crippen LogP contribution in [-0.2, 0) is 28.6 Å². The lowest BCUT2D eigenvalue weighted by molar-refractivity contribution is -0.166. The van der Waals surface area contributed by atoms with Gasteiger partial charge in [-0.15, -0.1) is 0 Å². The van der Waals surface area contributed by atoms with Crippen molar-refractivity contribution in [1.29, 1.82) is 0 Å². The van der Waals surface area contributed by atoms with Gasteiger partial charge in [-0.25, -0.2) is 0 Å². The van der Waals surface area contributed by atoms with Crippen LogP contribution in [0, 0.1) is 0 Å². The molecular formula is C68H120O6. The van der Waals surface area contributed by atoms with Crippen LogP contribution in [0.2, 0.25) is 0 Å². The molecule has 0 aliphatic heterocycles. The number of allylic oxidation sites excluding steroid dienone is 12. The summed E-state index contributed by atoms with van der Waals surface area (Å²) in [6.07, 6.45) is 80.6. The number of unbranched alkanes of at least 4 members (excludes halogenated alkanes) is 35. The summed E-state index contributed by atoms with van der Waals surface area (Å²) in [5.41, 5.74) is 0. The van der Waals surface area contributed by atoms with E-state index >= 15 is 0 Å². The van der Waals surface area contributed by atoms with E-state index in [-0.39, 0.29) is 37.5 Å². The van der Waals surface area contributed by atoms with Gasteiger partial charge in [-0.2, -0.15) is 0 Å². The number of ether oxygens (including phenoxy) is 3. The topological polar surface area (TPSA) is 78.9 Å². The summed E-state index contributed by atoms with van der Waals surface area (Å²) in [7, 11) is 0. The van der Waals surface area contributed by atoms with Gasteiger partial charge >= 0.3 is 17.9 Å². The van der Waals surface area contributed by atoms with E-state index in [1.54, 1.807) is 0 Å². The third-order valence-electron chi connectivity index (χ3n) is 14.0. The number of carbonyl (C=O) groups is 3. The fourth-order valence-electron chi connectivity index (χ4n) is 9.24. The van der Waals surface area contributed by atoms with Crippen molar-refractivity contribution < 1.29 is 28.6 Å². The normalized spacial score (nSPS) is 12.5. The first-order chi connectivity index (χ1) is 36.5. The van der Waals surface area contributed by atoms with Gasteiger partial charge < -0.3 is 14.2 Å². The van der Waals surface area contributed by atoms with Gasteiger partial charge in [0.05, 0.1) is 0 Å². The van der Waals surface area contributed by atoms with Crippen molar-refractivity contribution in [3.63, 3.8) is 0 Å². The zero-order valence-corrected chi connectivity index (χ0v) is 49.1. The molecule has 0 fully saturated rings. The highest BCUT2D eigenvalue weighted by atomic mass is 16.6. The van der Waals surface area contributed by atoms with E-state index in [0.29, 0.717) is 19.3 Å². The van der Waals surface area contributed by atoms with Crippen LogP contribution in [0.15, 0.2) is 72.9 Å². The Hall–Kier alpha value is -3.15. The van der Waals surface area contributed by atoms with Crippen LogP contribution in [0.3, 0.4) is 0 Å². The number of hydrogen-bond acceptors (Lipinski definition) is 6. The first kappa shape index (κ1) is 70.8. The summed E-state index contributed by atoms with van der Waals surface area (Å²) >= 11 is 0. The summed E-state index contributed by atoms with van der Waals surface area (Å²) in [5, 5.41) is 0. The zero-order valence-electron chi connectivity index (χ0n) is 49.1. The molecule has 0 bridgehead atoms. The van der Waals surface area contributed by atoms with E-state index in [0.717, 1.165) is 77.0 Å². The van der Waals surface area contributed by atoms with Gasteiger partial charge in [-0.05, 0) is 57.8 Å². The molecule has 0 heterocycles. The van der Waals surface area contributed by atoms with Gasteiger partial charge in [0.25, 0.3) is 0 Å². The molecule has 0 aliphatic rings. The Morgan fingerprint density at radius 1 is 0.284 bits per heavy atom. The van der Waals surface area contributed by atoms with Crippen molar-refractivity contribution in [3.05, 3.63) is 72.9 Å². The Morgan fingerprint density at radius 3 is 0.824 bits per heavy atom. The predicted octanol–water partition coefficient (Wildman–Crippen LogP) is 21.7. The molecule has 0 saturated carbocycles. The average Bonchev–Trinajstić information content (AvgIpc) is 3.40. The van der Waals surface area contributed by atoms with E-state index in [9.17, 15) is 14.4 Å². The lowest BCUT2D eigenvalue weighted by Gasteiger charge is -2.18. The van der Waals surface area contributed by atoms with Crippen LogP contribution in [0.1, 0.15) is 323 Å². The number of rotatable bonds is 58. The van der Waals surface area contributed by atoms with E-state index in [2.05, 4.69) is 87.6 Å². The second kappa shape index (κ2) is 62.4. The largest absolute Gasteiger partial charge is 0.462 e. The second-order valence-corrected chi connectivity index (χ2v) is 21.3. The number of carbonyl (C=O) groups excluding carboxylic acids is 3. The Morgan fingerprint density at radius 2 is 0.527 bits per heavy atom. The van der Waals surface area contributed by atoms with E-state index in [4.69, 9.17) is 14.2 Å². The highest BCUT2D eigenvalue weighted by molar-refractivity contribution is 5.71. The second-order valence-electron chi connectivity index (χ2n) is 21.3. The van der Waals surface area contributed by atoms with Crippen molar-refractivity contribution >= 4 is 17.9 Å². The van der Waals surface area contributed by atoms with E-state index in [1.807, 2.05) is 6.08 Å². The monoisotopic (exact) mass is 1030 g/mol. The minimum absolute atomic E-state index is 0.0940. The third kappa shape index (κ3) is 59.7. The van der Waals surface area contributed by atoms with Crippen LogP contribution in [-0.4, -0.2) is 37.2 Å². The van der Waals surface area contributed by atoms with Gasteiger partial charge in [0, 0.05) is 19.3 Å². The summed E-state index contributed by atoms with van der Waals surface area (Å²) < 4.78 is 16.9. The maximum absolute atomic E-state index is 12.9. The summed E-state index contributed by atoms with van der Waals surface area (Å²) in [6, 6.07) is 0. The maximum Gasteiger partial charge on any atom is 0.306 e. The lowest BCUT2D eigenvalue weighted by atomic mass is 10.0. The van der Waals surface area contributed by atoms with Crippen molar-refractivity contribution in [1.82, 2.24) is 0 Å². The minimum atomic E-state index is -0.804. The molecular weight excluding hydrogens is 913 g/mol. The summed E-state index contributed by atoms with van der Waals surface area (Å²) in [5.74, 6) is -0.963. The van der Waals surface area contributed by atoms with Crippen LogP contribution >= 0.6 is 0 Å². The summed E-state index contributed by atoms with van der Waals surface area (Å²) in [6.45, 7) is 6.52. The molecule has 6 heteroatoms. The SMILES string of the molecule is CC/C=C/C/C=C/C/C=C/C/C=C/C/C=C/C/C=C/CCC(=O)OC[C@@H](COC(=O)CCCCCCCCCCCCCCCCCCCC)OC(=O)CCCCCCCCCCCCCCCCCCCCC. The van der Waals surface area contributed by atoms with E-state index in [1.165, 1.54) is 199 Å². The number of hydrogen-bond donors (Lipinski definition) is 0. The van der Waals surface area contributed by atoms with Crippen LogP contribution in [0.25, 0.3) is 0 Å². The smallest absolute Gasteiger partial charge is 0.306 e. The maximum atomic E-state index is 12.9. The van der Waals surface area contributed by atoms with Crippen LogP contribution in [0.4, 0.5) is 0 Å². The van der Waals surface area contributed by atoms with Crippen molar-refractivity contribution in [2.75, 3.05) is 13.2 Å². The first-order valence-corrected chi connectivity index (χ1v) is 31.9. The van der Waals surface area contributed by atoms with Gasteiger partial charge in [-0.3, -0.25) is 14.4 Å². The first-order valence-electron chi connectivity index (χ1n) is 31.9. The molecule has 0 amide bonds. The molecule has 428 valence electrons. The fraction of sp³-hybridized carbons (Fsp3) is 0.779. The van der Waals surface area contributed by atoms with Gasteiger partial charge in [-0.1, -0.05) is 318 Å². The quantitative estimate of drug-likeness (QED) is 0.0261. The molecule has 0 saturated heterocycles. The van der Waals surface area contributed by atoms with Crippen molar-refractivity contribution in [3.8, 4) is 0 Å². The molecule has 0 aromatic carbocycles. The molecule has 1 atom stereocenters. The molecule has 0 aromatic heterocycles. The Labute approximate surface area is 459 Å². The average molecular weight is 1030 g/mol. The molecule has 0 radical (unpaired) electrons. The highest BCUT2D eigenvalue weighted by Crippen LogP contribution is 2.17. The van der Waals surface area contributed by atoms with Crippen molar-refractivity contribution in [2.45, 2.75) is 329 Å². The molecule has 6 nitrogen and oxygen atoms in total. The Kier molecular flexibility index (Phi) is 59.7. The molecule has 0 aromatic rings. The molecule has 74 heavy (non-hydrogen) atoms. The fourth-order valence-corrected chi connectivity index (χ4v) is 9.24. The predicted molar refractivity (Wildman–Crippen MR) is 321 cm³/mol. The molecule has 0 spiro atoms. The molecule has 0 rings (SSSR count). The Bertz CT molecular complexity index is 1370. The van der Waals surface area contributed by atoms with Gasteiger partial charge in [0.2, 0.25) is 0 Å². The van der Waals surface area contributed by atoms with Crippen LogP contribution in [0.5, 0.6) is 0 Å². The Balaban J connectivity index is 4.44. The zero-order chi connectivity index (χ0) is 53.6. The van der Waals surface area contributed by atoms with Gasteiger partial charge in [0.1, 0.15) is 13.2 Å². The number of esters is 3. The molecule has 0 aliphatic carbocycles. The standard InChI is InChI=1S/C68H120O6/c1-4-7-10-13-16-19-22-25-28-31-34-37-40-43-46-49-52-55-58-61-67(70)73-64-65(63-72-66(69)60-57-54-51-48-45-42-39-36-33-30-27-24-21-18-15-12-9-6-3)74-68(71)62-59-56-53-50-47-44-41-38-35-32-29-26-23-20-17-14-11-8-5-2/h7,10,16,19,25,28,34,37,43,46,52,55,65H,4-6,8-9,11-15,17-18,20-24,26-27,29-33,35-36,38-42,44-45,47-51,53-54,56-64H2,1-3H3/b10-7+,19-16+,28-25+,37-34+,46-43+,55-52+/t65-/m1/s1. The summed E-state index contributed by atoms with van der Waals surface area (Å²) in [4.78, 5) is 38.3. The van der Waals surface area contributed by atoms with Crippen molar-refractivity contribution in [2.24, 2.45) is 0 Å². The minimum Gasteiger partial charge on any atom is -0.462 e. The van der Waals surface area contributed by atoms with E-state index < -0.39 is 6.10 Å². The molecule has 0 N–H and O–H groups in total. The third-order valence-corrected chi connectivity index (χ3v) is 14.0. The van der Waals surface area contributed by atoms with Gasteiger partial charge in [0.15, 0.2) is 6.10 Å². The lowest BCUT2D eigenvalue weighted by Crippen LogP contribution is -2.30. The van der Waals surface area contributed by atoms with Crippen LogP contribution < -0.4 is 0 Å².